The molecular weight excluding hydrogens is 318 g/mol. The molecule has 0 atom stereocenters. The van der Waals surface area contributed by atoms with Gasteiger partial charge in [0.15, 0.2) is 0 Å². The second kappa shape index (κ2) is 8.26. The number of aryl methyl sites for hydroxylation is 1. The number of carbonyl (C=O) groups excluding carboxylic acids is 1. The molecule has 5 heteroatoms. The predicted molar refractivity (Wildman–Crippen MR) is 103 cm³/mol. The summed E-state index contributed by atoms with van der Waals surface area (Å²) in [6.45, 7) is 6.64. The second-order valence-corrected chi connectivity index (χ2v) is 8.18. The third-order valence-corrected chi connectivity index (χ3v) is 6.28. The number of hydrogen-bond donors (Lipinski definition) is 0. The van der Waals surface area contributed by atoms with Crippen molar-refractivity contribution in [2.45, 2.75) is 25.8 Å². The van der Waals surface area contributed by atoms with Gasteiger partial charge < -0.3 is 9.80 Å². The van der Waals surface area contributed by atoms with Crippen molar-refractivity contribution in [2.24, 2.45) is 0 Å². The molecule has 0 aromatic heterocycles. The minimum absolute atomic E-state index is 0.288. The molecule has 24 heavy (non-hydrogen) atoms. The van der Waals surface area contributed by atoms with Crippen LogP contribution in [0, 0.1) is 6.92 Å². The van der Waals surface area contributed by atoms with Crippen molar-refractivity contribution in [3.05, 3.63) is 29.8 Å². The summed E-state index contributed by atoms with van der Waals surface area (Å²) in [5, 5.41) is 0. The first-order valence-electron chi connectivity index (χ1n) is 9.01. The van der Waals surface area contributed by atoms with E-state index in [9.17, 15) is 4.79 Å². The largest absolute Gasteiger partial charge is 0.369 e. The quantitative estimate of drug-likeness (QED) is 0.836. The van der Waals surface area contributed by atoms with E-state index in [0.717, 1.165) is 39.0 Å². The summed E-state index contributed by atoms with van der Waals surface area (Å²) in [6.07, 6.45) is 2.29. The van der Waals surface area contributed by atoms with Gasteiger partial charge in [-0.2, -0.15) is 11.8 Å². The van der Waals surface area contributed by atoms with E-state index >= 15 is 0 Å². The maximum atomic E-state index is 12.6. The number of nitrogens with zero attached hydrogens (tertiary/aromatic N) is 3. The zero-order valence-corrected chi connectivity index (χ0v) is 15.7. The number of rotatable bonds is 4. The number of carbonyl (C=O) groups is 1. The Bertz CT molecular complexity index is 551. The molecule has 0 unspecified atom stereocenters. The number of hydrogen-bond acceptors (Lipinski definition) is 4. The summed E-state index contributed by atoms with van der Waals surface area (Å²) in [6, 6.07) is 9.14. The fraction of sp³-hybridized carbons (Fsp3) is 0.632. The first-order valence-corrected chi connectivity index (χ1v) is 10.2. The number of likely N-dealkylation sites (N-methyl/N-ethyl adjacent to an activating group) is 1. The minimum atomic E-state index is 0.288. The Balaban J connectivity index is 1.47. The summed E-state index contributed by atoms with van der Waals surface area (Å²) < 4.78 is 0. The average molecular weight is 348 g/mol. The number of thioether (sulfide) groups is 1. The lowest BCUT2D eigenvalue weighted by Gasteiger charge is -2.37. The normalized spacial score (nSPS) is 20.2. The van der Waals surface area contributed by atoms with Gasteiger partial charge in [-0.25, -0.2) is 0 Å². The fourth-order valence-electron chi connectivity index (χ4n) is 3.57. The summed E-state index contributed by atoms with van der Waals surface area (Å²) in [5.74, 6) is 2.67. The van der Waals surface area contributed by atoms with Crippen LogP contribution in [0.3, 0.4) is 0 Å². The highest BCUT2D eigenvalue weighted by Gasteiger charge is 2.25. The molecule has 1 aromatic carbocycles. The van der Waals surface area contributed by atoms with Crippen LogP contribution in [0.5, 0.6) is 0 Å². The van der Waals surface area contributed by atoms with Crippen molar-refractivity contribution in [1.82, 2.24) is 9.80 Å². The van der Waals surface area contributed by atoms with Crippen LogP contribution in [0.2, 0.25) is 0 Å². The molecule has 2 fully saturated rings. The van der Waals surface area contributed by atoms with Crippen molar-refractivity contribution in [1.29, 1.82) is 0 Å². The lowest BCUT2D eigenvalue weighted by Crippen LogP contribution is -2.51. The first-order chi connectivity index (χ1) is 11.6. The third kappa shape index (κ3) is 4.45. The Morgan fingerprint density at radius 3 is 2.58 bits per heavy atom. The number of piperazine rings is 1. The van der Waals surface area contributed by atoms with Gasteiger partial charge >= 0.3 is 0 Å². The van der Waals surface area contributed by atoms with E-state index in [-0.39, 0.29) is 5.91 Å². The van der Waals surface area contributed by atoms with E-state index in [1.165, 1.54) is 22.8 Å². The van der Waals surface area contributed by atoms with Crippen LogP contribution >= 0.6 is 11.8 Å². The zero-order valence-electron chi connectivity index (χ0n) is 14.9. The van der Waals surface area contributed by atoms with Crippen LogP contribution in [0.1, 0.15) is 18.4 Å². The molecule has 2 aliphatic heterocycles. The van der Waals surface area contributed by atoms with E-state index in [2.05, 4.69) is 41.0 Å². The van der Waals surface area contributed by atoms with E-state index < -0.39 is 0 Å². The molecule has 0 aliphatic carbocycles. The van der Waals surface area contributed by atoms with Crippen molar-refractivity contribution in [3.63, 3.8) is 0 Å². The highest BCUT2D eigenvalue weighted by atomic mass is 32.2. The molecule has 1 aromatic rings. The van der Waals surface area contributed by atoms with Gasteiger partial charge in [0, 0.05) is 45.0 Å². The molecule has 2 aliphatic rings. The molecule has 4 nitrogen and oxygen atoms in total. The highest BCUT2D eigenvalue weighted by Crippen LogP contribution is 2.21. The molecule has 0 radical (unpaired) electrons. The first kappa shape index (κ1) is 17.6. The summed E-state index contributed by atoms with van der Waals surface area (Å²) in [7, 11) is 1.99. The minimum Gasteiger partial charge on any atom is -0.369 e. The summed E-state index contributed by atoms with van der Waals surface area (Å²) >= 11 is 2.01. The Labute approximate surface area is 150 Å². The molecule has 2 saturated heterocycles. The molecule has 0 bridgehead atoms. The highest BCUT2D eigenvalue weighted by molar-refractivity contribution is 7.99. The standard InChI is InChI=1S/C19H29N3OS/c1-16-4-3-5-18(14-16)22-10-8-21(9-11-22)15-19(23)20(2)17-6-12-24-13-7-17/h3-5,14,17H,6-13,15H2,1-2H3. The van der Waals surface area contributed by atoms with Crippen molar-refractivity contribution in [2.75, 3.05) is 56.2 Å². The molecule has 1 amide bonds. The van der Waals surface area contributed by atoms with Gasteiger partial charge in [-0.15, -0.1) is 0 Å². The average Bonchev–Trinajstić information content (AvgIpc) is 2.62. The van der Waals surface area contributed by atoms with Gasteiger partial charge in [-0.05, 0) is 49.0 Å². The van der Waals surface area contributed by atoms with E-state index in [0.29, 0.717) is 12.6 Å². The topological polar surface area (TPSA) is 26.8 Å². The van der Waals surface area contributed by atoms with Crippen molar-refractivity contribution < 1.29 is 4.79 Å². The second-order valence-electron chi connectivity index (χ2n) is 6.95. The fourth-order valence-corrected chi connectivity index (χ4v) is 4.65. The van der Waals surface area contributed by atoms with Gasteiger partial charge in [0.25, 0.3) is 0 Å². The van der Waals surface area contributed by atoms with Gasteiger partial charge in [0.2, 0.25) is 5.91 Å². The molecule has 3 rings (SSSR count). The SMILES string of the molecule is Cc1cccc(N2CCN(CC(=O)N(C)C3CCSCC3)CC2)c1. The van der Waals surface area contributed by atoms with Gasteiger partial charge in [-0.1, -0.05) is 12.1 Å². The Kier molecular flexibility index (Phi) is 6.06. The van der Waals surface area contributed by atoms with Crippen LogP contribution < -0.4 is 4.90 Å². The predicted octanol–water partition coefficient (Wildman–Crippen LogP) is 2.47. The Morgan fingerprint density at radius 2 is 1.92 bits per heavy atom. The molecule has 0 N–H and O–H groups in total. The van der Waals surface area contributed by atoms with E-state index in [1.807, 2.05) is 23.7 Å². The Hall–Kier alpha value is -1.20. The maximum absolute atomic E-state index is 12.6. The van der Waals surface area contributed by atoms with Crippen molar-refractivity contribution >= 4 is 23.4 Å². The van der Waals surface area contributed by atoms with Crippen LogP contribution in [-0.4, -0.2) is 73.0 Å². The van der Waals surface area contributed by atoms with E-state index in [1.54, 1.807) is 0 Å². The third-order valence-electron chi connectivity index (χ3n) is 5.23. The van der Waals surface area contributed by atoms with E-state index in [4.69, 9.17) is 0 Å². The van der Waals surface area contributed by atoms with Gasteiger partial charge in [0.05, 0.1) is 6.54 Å². The monoisotopic (exact) mass is 347 g/mol. The molecule has 132 valence electrons. The van der Waals surface area contributed by atoms with Crippen LogP contribution in [0.15, 0.2) is 24.3 Å². The lowest BCUT2D eigenvalue weighted by molar-refractivity contribution is -0.133. The number of anilines is 1. The molecular formula is C19H29N3OS. The number of amides is 1. The maximum Gasteiger partial charge on any atom is 0.236 e. The van der Waals surface area contributed by atoms with Gasteiger partial charge in [-0.3, -0.25) is 9.69 Å². The van der Waals surface area contributed by atoms with Crippen LogP contribution in [0.25, 0.3) is 0 Å². The summed E-state index contributed by atoms with van der Waals surface area (Å²) in [5.41, 5.74) is 2.61. The molecule has 0 saturated carbocycles. The smallest absolute Gasteiger partial charge is 0.236 e. The van der Waals surface area contributed by atoms with Crippen LogP contribution in [-0.2, 0) is 4.79 Å². The van der Waals surface area contributed by atoms with Gasteiger partial charge in [0.1, 0.15) is 0 Å². The summed E-state index contributed by atoms with van der Waals surface area (Å²) in [4.78, 5) is 19.3. The lowest BCUT2D eigenvalue weighted by atomic mass is 10.1. The number of benzene rings is 1. The van der Waals surface area contributed by atoms with Crippen LogP contribution in [0.4, 0.5) is 5.69 Å². The van der Waals surface area contributed by atoms with Crippen molar-refractivity contribution in [3.8, 4) is 0 Å². The molecule has 2 heterocycles. The molecule has 0 spiro atoms. The zero-order chi connectivity index (χ0) is 16.9. The Morgan fingerprint density at radius 1 is 1.21 bits per heavy atom.